The van der Waals surface area contributed by atoms with E-state index >= 15 is 4.39 Å². The normalized spacial score (nSPS) is 16.3. The number of nitrogens with one attached hydrogen (secondary N) is 3. The topological polar surface area (TPSA) is 118 Å². The first kappa shape index (κ1) is 28.7. The van der Waals surface area contributed by atoms with Crippen LogP contribution in [0.4, 0.5) is 16.0 Å². The molecule has 5 rings (SSSR count). The van der Waals surface area contributed by atoms with E-state index in [-0.39, 0.29) is 23.4 Å². The lowest BCUT2D eigenvalue weighted by Crippen LogP contribution is -2.38. The SMILES string of the molecule is CCC(C)CS(=O)(=O)Nc1c(F)ccc2c(Oc3ncccc3-c3ccnc(N[C@H]4CCCNC4)n3)c(C)ccc12. The maximum Gasteiger partial charge on any atom is 0.233 e. The van der Waals surface area contributed by atoms with Gasteiger partial charge in [-0.2, -0.15) is 0 Å². The van der Waals surface area contributed by atoms with Crippen molar-refractivity contribution in [1.82, 2.24) is 20.3 Å². The average molecular weight is 579 g/mol. The quantitative estimate of drug-likeness (QED) is 0.213. The Balaban J connectivity index is 1.49. The highest BCUT2D eigenvalue weighted by molar-refractivity contribution is 7.92. The van der Waals surface area contributed by atoms with Crippen LogP contribution in [0.5, 0.6) is 11.6 Å². The lowest BCUT2D eigenvalue weighted by molar-refractivity contribution is 0.466. The maximum absolute atomic E-state index is 15.0. The zero-order valence-electron chi connectivity index (χ0n) is 23.4. The summed E-state index contributed by atoms with van der Waals surface area (Å²) in [6.45, 7) is 7.51. The number of piperidine rings is 1. The first-order valence-electron chi connectivity index (χ1n) is 13.9. The molecular weight excluding hydrogens is 543 g/mol. The first-order valence-corrected chi connectivity index (χ1v) is 15.5. The van der Waals surface area contributed by atoms with Gasteiger partial charge in [0.2, 0.25) is 21.9 Å². The Kier molecular flexibility index (Phi) is 8.65. The van der Waals surface area contributed by atoms with Crippen LogP contribution in [-0.4, -0.2) is 48.3 Å². The van der Waals surface area contributed by atoms with Crippen molar-refractivity contribution >= 4 is 32.4 Å². The van der Waals surface area contributed by atoms with Crippen molar-refractivity contribution in [3.63, 3.8) is 0 Å². The Bertz CT molecular complexity index is 1640. The number of anilines is 2. The summed E-state index contributed by atoms with van der Waals surface area (Å²) in [7, 11) is -3.77. The molecule has 9 nitrogen and oxygen atoms in total. The molecule has 1 saturated heterocycles. The number of sulfonamides is 1. The van der Waals surface area contributed by atoms with E-state index < -0.39 is 15.8 Å². The van der Waals surface area contributed by atoms with Gasteiger partial charge in [0.25, 0.3) is 0 Å². The molecule has 2 aromatic heterocycles. The Morgan fingerprint density at radius 1 is 1.12 bits per heavy atom. The Hall–Kier alpha value is -3.83. The number of pyridine rings is 1. The highest BCUT2D eigenvalue weighted by Gasteiger charge is 2.21. The van der Waals surface area contributed by atoms with E-state index in [9.17, 15) is 8.42 Å². The van der Waals surface area contributed by atoms with Crippen LogP contribution in [0, 0.1) is 18.7 Å². The molecule has 1 aliphatic rings. The van der Waals surface area contributed by atoms with Gasteiger partial charge in [0.1, 0.15) is 11.6 Å². The Morgan fingerprint density at radius 3 is 2.73 bits per heavy atom. The van der Waals surface area contributed by atoms with Crippen molar-refractivity contribution in [2.75, 3.05) is 28.9 Å². The number of hydrogen-bond acceptors (Lipinski definition) is 8. The second-order valence-electron chi connectivity index (χ2n) is 10.5. The number of halogens is 1. The second kappa shape index (κ2) is 12.4. The maximum atomic E-state index is 15.0. The molecule has 216 valence electrons. The Morgan fingerprint density at radius 2 is 1.95 bits per heavy atom. The van der Waals surface area contributed by atoms with E-state index in [1.54, 1.807) is 42.7 Å². The minimum atomic E-state index is -3.77. The van der Waals surface area contributed by atoms with Crippen molar-refractivity contribution in [3.05, 3.63) is 66.2 Å². The molecule has 1 aliphatic heterocycles. The van der Waals surface area contributed by atoms with Gasteiger partial charge >= 0.3 is 0 Å². The van der Waals surface area contributed by atoms with Crippen molar-refractivity contribution in [2.45, 2.75) is 46.1 Å². The van der Waals surface area contributed by atoms with Crippen LogP contribution in [-0.2, 0) is 10.0 Å². The molecule has 2 atom stereocenters. The third-order valence-corrected chi connectivity index (χ3v) is 8.81. The van der Waals surface area contributed by atoms with E-state index in [0.717, 1.165) is 31.5 Å². The lowest BCUT2D eigenvalue weighted by Gasteiger charge is -2.23. The zero-order valence-corrected chi connectivity index (χ0v) is 24.3. The number of rotatable bonds is 10. The molecular formula is C30H35FN6O3S. The third kappa shape index (κ3) is 6.74. The van der Waals surface area contributed by atoms with Gasteiger partial charge in [-0.1, -0.05) is 32.4 Å². The number of ether oxygens (including phenoxy) is 1. The average Bonchev–Trinajstić information content (AvgIpc) is 2.96. The van der Waals surface area contributed by atoms with Gasteiger partial charge in [0.15, 0.2) is 0 Å². The Labute approximate surface area is 240 Å². The molecule has 4 aromatic rings. The largest absolute Gasteiger partial charge is 0.437 e. The molecule has 0 bridgehead atoms. The predicted octanol–water partition coefficient (Wildman–Crippen LogP) is 5.88. The van der Waals surface area contributed by atoms with Crippen LogP contribution < -0.4 is 20.1 Å². The summed E-state index contributed by atoms with van der Waals surface area (Å²) in [6.07, 6.45) is 6.15. The van der Waals surface area contributed by atoms with Crippen LogP contribution in [0.15, 0.2) is 54.9 Å². The van der Waals surface area contributed by atoms with Crippen LogP contribution >= 0.6 is 0 Å². The summed E-state index contributed by atoms with van der Waals surface area (Å²) in [5, 5.41) is 7.73. The highest BCUT2D eigenvalue weighted by atomic mass is 32.2. The van der Waals surface area contributed by atoms with Gasteiger partial charge in [-0.15, -0.1) is 0 Å². The number of fused-ring (bicyclic) bond motifs is 1. The van der Waals surface area contributed by atoms with Crippen molar-refractivity contribution in [1.29, 1.82) is 0 Å². The fourth-order valence-electron chi connectivity index (χ4n) is 4.89. The summed E-state index contributed by atoms with van der Waals surface area (Å²) in [5.74, 6) is 0.468. The van der Waals surface area contributed by atoms with Crippen LogP contribution in [0.3, 0.4) is 0 Å². The monoisotopic (exact) mass is 578 g/mol. The molecule has 3 heterocycles. The second-order valence-corrected chi connectivity index (χ2v) is 12.3. The minimum absolute atomic E-state index is 0.0638. The summed E-state index contributed by atoms with van der Waals surface area (Å²) in [5.41, 5.74) is 1.98. The molecule has 1 fully saturated rings. The molecule has 0 spiro atoms. The van der Waals surface area contributed by atoms with Gasteiger partial charge in [0.05, 0.1) is 22.7 Å². The van der Waals surface area contributed by atoms with Gasteiger partial charge in [-0.25, -0.2) is 27.8 Å². The molecule has 0 amide bonds. The van der Waals surface area contributed by atoms with E-state index in [1.807, 2.05) is 26.8 Å². The number of nitrogens with zero attached hydrogens (tertiary/aromatic N) is 3. The summed E-state index contributed by atoms with van der Waals surface area (Å²) >= 11 is 0. The van der Waals surface area contributed by atoms with Crippen molar-refractivity contribution in [2.24, 2.45) is 5.92 Å². The first-order chi connectivity index (χ1) is 19.7. The van der Waals surface area contributed by atoms with E-state index in [2.05, 4.69) is 25.3 Å². The van der Waals surface area contributed by atoms with Crippen LogP contribution in [0.25, 0.3) is 22.0 Å². The van der Waals surface area contributed by atoms with Crippen molar-refractivity contribution in [3.8, 4) is 22.9 Å². The summed E-state index contributed by atoms with van der Waals surface area (Å²) in [6, 6.07) is 12.0. The van der Waals surface area contributed by atoms with Crippen LogP contribution in [0.1, 0.15) is 38.7 Å². The van der Waals surface area contributed by atoms with Crippen LogP contribution in [0.2, 0.25) is 0 Å². The highest BCUT2D eigenvalue weighted by Crippen LogP contribution is 2.39. The number of aryl methyl sites for hydroxylation is 1. The zero-order chi connectivity index (χ0) is 29.0. The van der Waals surface area contributed by atoms with E-state index in [0.29, 0.717) is 46.0 Å². The van der Waals surface area contributed by atoms with Crippen molar-refractivity contribution < 1.29 is 17.5 Å². The molecule has 0 saturated carbocycles. The summed E-state index contributed by atoms with van der Waals surface area (Å²) < 4.78 is 49.5. The smallest absolute Gasteiger partial charge is 0.233 e. The standard InChI is InChI=1S/C30H35FN6O3S/c1-4-19(2)18-41(38,39)37-27-22-10-9-20(3)28(23(22)11-12-25(27)31)40-29-24(8-6-15-33-29)26-13-16-34-30(36-26)35-21-7-5-14-32-17-21/h6,8-13,15-16,19,21,32,37H,4-5,7,14,17-18H2,1-3H3,(H,34,35,36)/t19?,21-/m0/s1. The summed E-state index contributed by atoms with van der Waals surface area (Å²) in [4.78, 5) is 13.6. The number of hydrogen-bond donors (Lipinski definition) is 3. The number of aromatic nitrogens is 3. The lowest BCUT2D eigenvalue weighted by atomic mass is 10.0. The van der Waals surface area contributed by atoms with Gasteiger partial charge in [0, 0.05) is 35.8 Å². The molecule has 0 aliphatic carbocycles. The minimum Gasteiger partial charge on any atom is -0.437 e. The molecule has 1 unspecified atom stereocenters. The van der Waals surface area contributed by atoms with Gasteiger partial charge in [-0.3, -0.25) is 4.72 Å². The molecule has 0 radical (unpaired) electrons. The van der Waals surface area contributed by atoms with E-state index in [4.69, 9.17) is 9.72 Å². The van der Waals surface area contributed by atoms with Gasteiger partial charge in [-0.05, 0) is 68.1 Å². The van der Waals surface area contributed by atoms with E-state index in [1.165, 1.54) is 6.07 Å². The number of benzene rings is 2. The fraction of sp³-hybridized carbons (Fsp3) is 0.367. The third-order valence-electron chi connectivity index (χ3n) is 7.29. The molecule has 3 N–H and O–H groups in total. The molecule has 41 heavy (non-hydrogen) atoms. The predicted molar refractivity (Wildman–Crippen MR) is 160 cm³/mol. The molecule has 11 heteroatoms. The molecule has 2 aromatic carbocycles. The fourth-order valence-corrected chi connectivity index (χ4v) is 6.48. The van der Waals surface area contributed by atoms with Gasteiger partial charge < -0.3 is 15.4 Å².